The Bertz CT molecular complexity index is 1490. The molecule has 45 heavy (non-hydrogen) atoms. The third-order valence-corrected chi connectivity index (χ3v) is 8.77. The molecule has 2 aromatic carbocycles. The summed E-state index contributed by atoms with van der Waals surface area (Å²) in [6.45, 7) is 6.73. The third-order valence-electron chi connectivity index (χ3n) is 8.77. The van der Waals surface area contributed by atoms with Crippen LogP contribution in [0.5, 0.6) is 17.6 Å². The quantitative estimate of drug-likeness (QED) is 0.233. The van der Waals surface area contributed by atoms with Crippen molar-refractivity contribution in [3.8, 4) is 28.8 Å². The van der Waals surface area contributed by atoms with Crippen molar-refractivity contribution >= 4 is 5.97 Å². The molecule has 1 unspecified atom stereocenters. The normalized spacial score (nSPS) is 18.6. The molecule has 9 nitrogen and oxygen atoms in total. The topological polar surface area (TPSA) is 97.3 Å². The number of piperidine rings is 1. The lowest BCUT2D eigenvalue weighted by Gasteiger charge is -2.32. The minimum absolute atomic E-state index is 0.0681. The molecule has 0 aliphatic carbocycles. The van der Waals surface area contributed by atoms with Crippen molar-refractivity contribution in [3.63, 3.8) is 0 Å². The van der Waals surface area contributed by atoms with Crippen molar-refractivity contribution in [1.29, 1.82) is 0 Å². The van der Waals surface area contributed by atoms with Crippen molar-refractivity contribution in [3.05, 3.63) is 64.8 Å². The van der Waals surface area contributed by atoms with Crippen LogP contribution >= 0.6 is 0 Å². The van der Waals surface area contributed by atoms with Crippen molar-refractivity contribution in [2.24, 2.45) is 0 Å². The van der Waals surface area contributed by atoms with E-state index in [1.165, 1.54) is 7.11 Å². The van der Waals surface area contributed by atoms with E-state index in [0.29, 0.717) is 57.1 Å². The molecule has 0 saturated carbocycles. The minimum atomic E-state index is -2.57. The first-order valence-electron chi connectivity index (χ1n) is 15.6. The second-order valence-electron chi connectivity index (χ2n) is 11.9. The molecule has 242 valence electrons. The molecule has 1 N–H and O–H groups in total. The first-order chi connectivity index (χ1) is 21.6. The number of hydrogen-bond acceptors (Lipinski definition) is 8. The van der Waals surface area contributed by atoms with Gasteiger partial charge in [0.15, 0.2) is 0 Å². The van der Waals surface area contributed by atoms with E-state index in [1.54, 1.807) is 11.1 Å². The van der Waals surface area contributed by atoms with E-state index in [2.05, 4.69) is 29.0 Å². The number of hydrogen-bond donors (Lipinski definition) is 1. The van der Waals surface area contributed by atoms with Crippen LogP contribution in [0.1, 0.15) is 54.4 Å². The van der Waals surface area contributed by atoms with Crippen LogP contribution in [0.15, 0.2) is 42.6 Å². The highest BCUT2D eigenvalue weighted by Crippen LogP contribution is 2.34. The molecule has 0 radical (unpaired) electrons. The number of carboxylic acids is 1. The number of nitrogens with zero attached hydrogens (tertiary/aromatic N) is 4. The molecule has 2 aliphatic heterocycles. The summed E-state index contributed by atoms with van der Waals surface area (Å²) < 4.78 is 44.5. The Kier molecular flexibility index (Phi) is 10.5. The molecule has 3 aromatic rings. The lowest BCUT2D eigenvalue weighted by molar-refractivity contribution is -0.144. The Morgan fingerprint density at radius 3 is 2.56 bits per heavy atom. The zero-order valence-electron chi connectivity index (χ0n) is 26.2. The summed E-state index contributed by atoms with van der Waals surface area (Å²) in [4.78, 5) is 24.3. The Hall–Kier alpha value is -3.83. The van der Waals surface area contributed by atoms with E-state index >= 15 is 0 Å². The van der Waals surface area contributed by atoms with Crippen molar-refractivity contribution in [1.82, 2.24) is 19.8 Å². The highest BCUT2D eigenvalue weighted by Gasteiger charge is 2.37. The zero-order chi connectivity index (χ0) is 32.0. The summed E-state index contributed by atoms with van der Waals surface area (Å²) >= 11 is 0. The van der Waals surface area contributed by atoms with Gasteiger partial charge in [0.05, 0.1) is 20.3 Å². The SMILES string of the molecule is COc1nc(OCc2cccc(-c3cccc(OCCCN4CCC(F)(F)C4)c3C)c2C)ncc1CN1CCCCC1C(=O)O. The predicted octanol–water partition coefficient (Wildman–Crippen LogP) is 5.90. The number of carbonyl (C=O) groups is 1. The number of aromatic nitrogens is 2. The van der Waals surface area contributed by atoms with Crippen molar-refractivity contribution in [2.45, 2.75) is 71.1 Å². The largest absolute Gasteiger partial charge is 0.493 e. The van der Waals surface area contributed by atoms with E-state index in [9.17, 15) is 18.7 Å². The average Bonchev–Trinajstić information content (AvgIpc) is 3.38. The van der Waals surface area contributed by atoms with Crippen LogP contribution in [0.3, 0.4) is 0 Å². The molecule has 2 saturated heterocycles. The lowest BCUT2D eigenvalue weighted by atomic mass is 9.93. The summed E-state index contributed by atoms with van der Waals surface area (Å²) in [7, 11) is 1.53. The van der Waals surface area contributed by atoms with Gasteiger partial charge in [-0.2, -0.15) is 4.98 Å². The first-order valence-corrected chi connectivity index (χ1v) is 15.6. The average molecular weight is 625 g/mol. The molecule has 11 heteroatoms. The molecule has 2 aliphatic rings. The second-order valence-corrected chi connectivity index (χ2v) is 11.9. The Morgan fingerprint density at radius 2 is 1.82 bits per heavy atom. The number of alkyl halides is 2. The lowest BCUT2D eigenvalue weighted by Crippen LogP contribution is -2.44. The van der Waals surface area contributed by atoms with Crippen molar-refractivity contribution in [2.75, 3.05) is 39.9 Å². The molecule has 3 heterocycles. The molecule has 1 aromatic heterocycles. The number of aliphatic carboxylic acids is 1. The highest BCUT2D eigenvalue weighted by atomic mass is 19.3. The van der Waals surface area contributed by atoms with Crippen LogP contribution in [-0.2, 0) is 17.9 Å². The monoisotopic (exact) mass is 624 g/mol. The summed E-state index contributed by atoms with van der Waals surface area (Å²) in [6, 6.07) is 11.7. The number of benzene rings is 2. The van der Waals surface area contributed by atoms with E-state index in [1.807, 2.05) is 36.1 Å². The van der Waals surface area contributed by atoms with E-state index in [0.717, 1.165) is 46.4 Å². The zero-order valence-corrected chi connectivity index (χ0v) is 26.2. The molecular weight excluding hydrogens is 582 g/mol. The minimum Gasteiger partial charge on any atom is -0.493 e. The van der Waals surface area contributed by atoms with Gasteiger partial charge in [-0.25, -0.2) is 13.8 Å². The Labute approximate surface area is 263 Å². The van der Waals surface area contributed by atoms with Crippen LogP contribution in [0.25, 0.3) is 11.1 Å². The summed E-state index contributed by atoms with van der Waals surface area (Å²) in [6.07, 6.45) is 4.74. The van der Waals surface area contributed by atoms with Gasteiger partial charge in [0.25, 0.3) is 5.92 Å². The van der Waals surface area contributed by atoms with Gasteiger partial charge in [-0.1, -0.05) is 36.8 Å². The predicted molar refractivity (Wildman–Crippen MR) is 166 cm³/mol. The molecule has 0 bridgehead atoms. The van der Waals surface area contributed by atoms with Gasteiger partial charge in [0.1, 0.15) is 18.4 Å². The van der Waals surface area contributed by atoms with Gasteiger partial charge in [0.2, 0.25) is 5.88 Å². The number of likely N-dealkylation sites (tertiary alicyclic amines) is 2. The Balaban J connectivity index is 1.22. The van der Waals surface area contributed by atoms with Gasteiger partial charge in [-0.05, 0) is 73.5 Å². The summed E-state index contributed by atoms with van der Waals surface area (Å²) in [5.74, 6) is -2.24. The number of rotatable bonds is 13. The van der Waals surface area contributed by atoms with Gasteiger partial charge < -0.3 is 19.3 Å². The van der Waals surface area contributed by atoms with Crippen LogP contribution in [0.2, 0.25) is 0 Å². The van der Waals surface area contributed by atoms with Crippen LogP contribution in [-0.4, -0.2) is 82.7 Å². The molecule has 1 atom stereocenters. The molecule has 0 spiro atoms. The number of methoxy groups -OCH3 is 1. The van der Waals surface area contributed by atoms with Gasteiger partial charge in [-0.15, -0.1) is 0 Å². The highest BCUT2D eigenvalue weighted by molar-refractivity contribution is 5.74. The van der Waals surface area contributed by atoms with E-state index in [4.69, 9.17) is 14.2 Å². The maximum atomic E-state index is 13.5. The van der Waals surface area contributed by atoms with Crippen LogP contribution < -0.4 is 14.2 Å². The maximum Gasteiger partial charge on any atom is 0.320 e. The van der Waals surface area contributed by atoms with Crippen LogP contribution in [0.4, 0.5) is 8.78 Å². The Morgan fingerprint density at radius 1 is 1.04 bits per heavy atom. The first kappa shape index (κ1) is 32.6. The third kappa shape index (κ3) is 8.07. The van der Waals surface area contributed by atoms with Gasteiger partial charge in [-0.3, -0.25) is 14.6 Å². The number of ether oxygens (including phenoxy) is 3. The van der Waals surface area contributed by atoms with E-state index < -0.39 is 17.9 Å². The second kappa shape index (κ2) is 14.5. The van der Waals surface area contributed by atoms with Crippen LogP contribution in [0, 0.1) is 13.8 Å². The molecule has 5 rings (SSSR count). The molecular formula is C34H42F2N4O5. The van der Waals surface area contributed by atoms with Crippen molar-refractivity contribution < 1.29 is 32.9 Å². The number of halogens is 2. The standard InChI is InChI=1S/C34H42F2N4O5/c1-23-25(21-45-33-37-19-26(31(38-33)43-3)20-40-16-5-4-12-29(40)32(41)42)9-6-10-27(23)28-11-7-13-30(24(28)2)44-18-8-15-39-17-14-34(35,36)22-39/h6-7,9-11,13,19,29H,4-5,8,12,14-18,20-22H2,1-3H3,(H,41,42). The molecule has 0 amide bonds. The maximum absolute atomic E-state index is 13.5. The molecule has 2 fully saturated rings. The summed E-state index contributed by atoms with van der Waals surface area (Å²) in [5, 5.41) is 9.62. The van der Waals surface area contributed by atoms with Gasteiger partial charge >= 0.3 is 12.0 Å². The number of carboxylic acid groups (broad SMARTS) is 1. The van der Waals surface area contributed by atoms with Gasteiger partial charge in [0, 0.05) is 37.8 Å². The smallest absolute Gasteiger partial charge is 0.320 e. The fourth-order valence-electron chi connectivity index (χ4n) is 6.21. The van der Waals surface area contributed by atoms with E-state index in [-0.39, 0.29) is 25.6 Å². The summed E-state index contributed by atoms with van der Waals surface area (Å²) in [5.41, 5.74) is 5.86. The fraction of sp³-hybridized carbons (Fsp3) is 0.500. The fourth-order valence-corrected chi connectivity index (χ4v) is 6.21.